The maximum atomic E-state index is 12.4. The summed E-state index contributed by atoms with van der Waals surface area (Å²) in [5.74, 6) is -0.138. The molecule has 0 aliphatic heterocycles. The molecule has 0 spiro atoms. The van der Waals surface area contributed by atoms with Crippen LogP contribution in [0, 0.1) is 0 Å². The van der Waals surface area contributed by atoms with Gasteiger partial charge in [-0.3, -0.25) is 4.79 Å². The van der Waals surface area contributed by atoms with E-state index in [4.69, 9.17) is 23.2 Å². The van der Waals surface area contributed by atoms with Gasteiger partial charge in [-0.25, -0.2) is 0 Å². The van der Waals surface area contributed by atoms with Gasteiger partial charge in [0, 0.05) is 15.6 Å². The van der Waals surface area contributed by atoms with Gasteiger partial charge in [-0.15, -0.1) is 0 Å². The normalized spacial score (nSPS) is 17.1. The van der Waals surface area contributed by atoms with E-state index in [1.807, 2.05) is 12.1 Å². The molecule has 0 unspecified atom stereocenters. The lowest BCUT2D eigenvalue weighted by molar-refractivity contribution is 0.0933. The molecule has 0 aromatic heterocycles. The molecule has 1 amide bonds. The summed E-state index contributed by atoms with van der Waals surface area (Å²) in [5.41, 5.74) is 3.03. The predicted molar refractivity (Wildman–Crippen MR) is 86.0 cm³/mol. The van der Waals surface area contributed by atoms with Gasteiger partial charge in [0.1, 0.15) is 0 Å². The highest BCUT2D eigenvalue weighted by molar-refractivity contribution is 6.35. The first-order valence-electron chi connectivity index (χ1n) is 6.98. The van der Waals surface area contributed by atoms with Crippen LogP contribution >= 0.6 is 23.2 Å². The van der Waals surface area contributed by atoms with Crippen LogP contribution < -0.4 is 5.32 Å². The van der Waals surface area contributed by atoms with E-state index in [1.165, 1.54) is 11.1 Å². The molecule has 2 aromatic rings. The first-order valence-corrected chi connectivity index (χ1v) is 7.74. The molecule has 108 valence electrons. The molecule has 0 fully saturated rings. The van der Waals surface area contributed by atoms with Gasteiger partial charge in [-0.05, 0) is 48.6 Å². The van der Waals surface area contributed by atoms with Crippen molar-refractivity contribution in [2.45, 2.75) is 25.3 Å². The predicted octanol–water partition coefficient (Wildman–Crippen LogP) is 4.80. The highest BCUT2D eigenvalue weighted by Gasteiger charge is 2.22. The Morgan fingerprint density at radius 1 is 1.10 bits per heavy atom. The van der Waals surface area contributed by atoms with Gasteiger partial charge in [-0.1, -0.05) is 47.5 Å². The maximum Gasteiger partial charge on any atom is 0.251 e. The minimum Gasteiger partial charge on any atom is -0.345 e. The summed E-state index contributed by atoms with van der Waals surface area (Å²) in [6.07, 6.45) is 3.11. The molecular formula is C17H15Cl2NO. The lowest BCUT2D eigenvalue weighted by Crippen LogP contribution is -2.30. The smallest absolute Gasteiger partial charge is 0.251 e. The largest absolute Gasteiger partial charge is 0.345 e. The van der Waals surface area contributed by atoms with E-state index < -0.39 is 0 Å². The molecule has 1 atom stereocenters. The Labute approximate surface area is 134 Å². The number of amides is 1. The molecule has 3 rings (SSSR count). The summed E-state index contributed by atoms with van der Waals surface area (Å²) in [6, 6.07) is 13.2. The Morgan fingerprint density at radius 3 is 2.57 bits per heavy atom. The summed E-state index contributed by atoms with van der Waals surface area (Å²) in [6.45, 7) is 0. The molecule has 2 nitrogen and oxygen atoms in total. The molecule has 21 heavy (non-hydrogen) atoms. The van der Waals surface area contributed by atoms with E-state index in [0.29, 0.717) is 15.6 Å². The first-order chi connectivity index (χ1) is 10.1. The van der Waals surface area contributed by atoms with Gasteiger partial charge >= 0.3 is 0 Å². The molecule has 0 radical (unpaired) electrons. The lowest BCUT2D eigenvalue weighted by Gasteiger charge is -2.26. The van der Waals surface area contributed by atoms with Crippen molar-refractivity contribution >= 4 is 29.1 Å². The molecule has 0 heterocycles. The maximum absolute atomic E-state index is 12.4. The van der Waals surface area contributed by atoms with Crippen LogP contribution in [-0.2, 0) is 6.42 Å². The number of hydrogen-bond acceptors (Lipinski definition) is 1. The van der Waals surface area contributed by atoms with Crippen molar-refractivity contribution in [3.63, 3.8) is 0 Å². The van der Waals surface area contributed by atoms with E-state index in [2.05, 4.69) is 17.4 Å². The highest BCUT2D eigenvalue weighted by Crippen LogP contribution is 2.30. The van der Waals surface area contributed by atoms with Crippen LogP contribution in [0.25, 0.3) is 0 Å². The number of benzene rings is 2. The Morgan fingerprint density at radius 2 is 1.81 bits per heavy atom. The van der Waals surface area contributed by atoms with E-state index in [1.54, 1.807) is 18.2 Å². The van der Waals surface area contributed by atoms with Crippen LogP contribution in [0.15, 0.2) is 42.5 Å². The van der Waals surface area contributed by atoms with Crippen LogP contribution in [0.3, 0.4) is 0 Å². The standard InChI is InChI=1S/C17H15Cl2NO/c18-13-8-12(9-14(19)10-13)17(21)20-16-7-3-5-11-4-1-2-6-15(11)16/h1-2,4,6,8-10,16H,3,5,7H2,(H,20,21)/t16-/m0/s1. The van der Waals surface area contributed by atoms with Gasteiger partial charge in [-0.2, -0.15) is 0 Å². The van der Waals surface area contributed by atoms with Crippen molar-refractivity contribution in [1.82, 2.24) is 5.32 Å². The summed E-state index contributed by atoms with van der Waals surface area (Å²) < 4.78 is 0. The second-order valence-electron chi connectivity index (χ2n) is 5.28. The lowest BCUT2D eigenvalue weighted by atomic mass is 9.87. The zero-order chi connectivity index (χ0) is 14.8. The minimum atomic E-state index is -0.138. The summed E-state index contributed by atoms with van der Waals surface area (Å²) >= 11 is 11.9. The number of hydrogen-bond donors (Lipinski definition) is 1. The zero-order valence-corrected chi connectivity index (χ0v) is 12.9. The Kier molecular flexibility index (Phi) is 4.18. The van der Waals surface area contributed by atoms with Crippen LogP contribution in [0.5, 0.6) is 0 Å². The molecule has 1 aliphatic rings. The molecule has 0 saturated carbocycles. The number of halogens is 2. The van der Waals surface area contributed by atoms with Gasteiger partial charge in [0.25, 0.3) is 5.91 Å². The second-order valence-corrected chi connectivity index (χ2v) is 6.15. The van der Waals surface area contributed by atoms with Gasteiger partial charge in [0.15, 0.2) is 0 Å². The van der Waals surface area contributed by atoms with Crippen LogP contribution in [-0.4, -0.2) is 5.91 Å². The third-order valence-electron chi connectivity index (χ3n) is 3.80. The fourth-order valence-corrected chi connectivity index (χ4v) is 3.36. The molecule has 0 bridgehead atoms. The number of fused-ring (bicyclic) bond motifs is 1. The van der Waals surface area contributed by atoms with E-state index >= 15 is 0 Å². The third kappa shape index (κ3) is 3.22. The SMILES string of the molecule is O=C(N[C@H]1CCCc2ccccc21)c1cc(Cl)cc(Cl)c1. The van der Waals surface area contributed by atoms with Crippen LogP contribution in [0.4, 0.5) is 0 Å². The number of nitrogens with one attached hydrogen (secondary N) is 1. The van der Waals surface area contributed by atoms with Crippen LogP contribution in [0.2, 0.25) is 10.0 Å². The minimum absolute atomic E-state index is 0.0557. The molecule has 0 saturated heterocycles. The van der Waals surface area contributed by atoms with E-state index in [-0.39, 0.29) is 11.9 Å². The van der Waals surface area contributed by atoms with E-state index in [0.717, 1.165) is 19.3 Å². The Balaban J connectivity index is 1.82. The molecule has 1 aliphatic carbocycles. The summed E-state index contributed by atoms with van der Waals surface area (Å²) in [7, 11) is 0. The molecule has 2 aromatic carbocycles. The van der Waals surface area contributed by atoms with Crippen molar-refractivity contribution < 1.29 is 4.79 Å². The first kappa shape index (κ1) is 14.4. The zero-order valence-electron chi connectivity index (χ0n) is 11.4. The summed E-state index contributed by atoms with van der Waals surface area (Å²) in [4.78, 5) is 12.4. The average Bonchev–Trinajstić information content (AvgIpc) is 2.46. The van der Waals surface area contributed by atoms with Crippen molar-refractivity contribution in [3.8, 4) is 0 Å². The molecular weight excluding hydrogens is 305 g/mol. The summed E-state index contributed by atoms with van der Waals surface area (Å²) in [5, 5.41) is 4.03. The quantitative estimate of drug-likeness (QED) is 0.846. The number of aryl methyl sites for hydroxylation is 1. The molecule has 4 heteroatoms. The fourth-order valence-electron chi connectivity index (χ4n) is 2.83. The van der Waals surface area contributed by atoms with Crippen molar-refractivity contribution in [2.24, 2.45) is 0 Å². The van der Waals surface area contributed by atoms with E-state index in [9.17, 15) is 4.79 Å². The van der Waals surface area contributed by atoms with Crippen LogP contribution in [0.1, 0.15) is 40.4 Å². The van der Waals surface area contributed by atoms with Gasteiger partial charge < -0.3 is 5.32 Å². The topological polar surface area (TPSA) is 29.1 Å². The Bertz CT molecular complexity index is 664. The van der Waals surface area contributed by atoms with Gasteiger partial charge in [0.2, 0.25) is 0 Å². The Hall–Kier alpha value is -1.51. The van der Waals surface area contributed by atoms with Gasteiger partial charge in [0.05, 0.1) is 6.04 Å². The number of carbonyl (C=O) groups excluding carboxylic acids is 1. The molecule has 1 N–H and O–H groups in total. The van der Waals surface area contributed by atoms with Crippen molar-refractivity contribution in [1.29, 1.82) is 0 Å². The fraction of sp³-hybridized carbons (Fsp3) is 0.235. The monoisotopic (exact) mass is 319 g/mol. The number of carbonyl (C=O) groups is 1. The van der Waals surface area contributed by atoms with Crippen molar-refractivity contribution in [3.05, 3.63) is 69.2 Å². The number of rotatable bonds is 2. The third-order valence-corrected chi connectivity index (χ3v) is 4.24. The highest BCUT2D eigenvalue weighted by atomic mass is 35.5. The average molecular weight is 320 g/mol. The van der Waals surface area contributed by atoms with Crippen molar-refractivity contribution in [2.75, 3.05) is 0 Å². The second kappa shape index (κ2) is 6.08.